The summed E-state index contributed by atoms with van der Waals surface area (Å²) in [5.74, 6) is -0.778. The SMILES string of the molecule is N#C/C(=C\C1CCC1)C(=O)O. The molecule has 1 saturated carbocycles. The maximum atomic E-state index is 10.3. The second-order valence-electron chi connectivity index (χ2n) is 2.69. The molecule has 3 nitrogen and oxygen atoms in total. The van der Waals surface area contributed by atoms with Gasteiger partial charge in [-0.2, -0.15) is 5.26 Å². The van der Waals surface area contributed by atoms with Crippen LogP contribution in [-0.4, -0.2) is 11.1 Å². The monoisotopic (exact) mass is 151 g/mol. The summed E-state index contributed by atoms with van der Waals surface area (Å²) in [5, 5.41) is 16.8. The maximum Gasteiger partial charge on any atom is 0.346 e. The summed E-state index contributed by atoms with van der Waals surface area (Å²) < 4.78 is 0. The number of rotatable bonds is 2. The van der Waals surface area contributed by atoms with Gasteiger partial charge in [0.1, 0.15) is 11.6 Å². The first-order valence-electron chi connectivity index (χ1n) is 3.59. The van der Waals surface area contributed by atoms with Crippen molar-refractivity contribution in [3.05, 3.63) is 11.6 Å². The van der Waals surface area contributed by atoms with Crippen LogP contribution in [0.2, 0.25) is 0 Å². The molecule has 0 atom stereocenters. The van der Waals surface area contributed by atoms with Gasteiger partial charge in [0.15, 0.2) is 0 Å². The van der Waals surface area contributed by atoms with Gasteiger partial charge in [-0.25, -0.2) is 4.79 Å². The Morgan fingerprint density at radius 1 is 1.64 bits per heavy atom. The van der Waals surface area contributed by atoms with Gasteiger partial charge < -0.3 is 5.11 Å². The van der Waals surface area contributed by atoms with E-state index in [1.54, 1.807) is 12.1 Å². The summed E-state index contributed by atoms with van der Waals surface area (Å²) in [7, 11) is 0. The zero-order valence-electron chi connectivity index (χ0n) is 6.08. The lowest BCUT2D eigenvalue weighted by Gasteiger charge is -2.21. The Morgan fingerprint density at radius 2 is 2.27 bits per heavy atom. The van der Waals surface area contributed by atoms with Crippen LogP contribution < -0.4 is 0 Å². The molecule has 1 aliphatic carbocycles. The summed E-state index contributed by atoms with van der Waals surface area (Å²) in [6, 6.07) is 1.66. The highest BCUT2D eigenvalue weighted by Crippen LogP contribution is 2.28. The molecular weight excluding hydrogens is 142 g/mol. The Kier molecular flexibility index (Phi) is 2.27. The molecule has 1 rings (SSSR count). The van der Waals surface area contributed by atoms with Crippen molar-refractivity contribution in [1.82, 2.24) is 0 Å². The summed E-state index contributed by atoms with van der Waals surface area (Å²) in [4.78, 5) is 10.3. The molecule has 1 fully saturated rings. The number of hydrogen-bond acceptors (Lipinski definition) is 2. The minimum absolute atomic E-state index is 0.116. The molecule has 0 amide bonds. The topological polar surface area (TPSA) is 61.1 Å². The van der Waals surface area contributed by atoms with E-state index in [9.17, 15) is 4.79 Å². The van der Waals surface area contributed by atoms with E-state index in [1.807, 2.05) is 0 Å². The summed E-state index contributed by atoms with van der Waals surface area (Å²) in [5.41, 5.74) is -0.116. The van der Waals surface area contributed by atoms with E-state index in [4.69, 9.17) is 10.4 Å². The van der Waals surface area contributed by atoms with Gasteiger partial charge in [-0.15, -0.1) is 0 Å². The van der Waals surface area contributed by atoms with E-state index < -0.39 is 5.97 Å². The predicted octanol–water partition coefficient (Wildman–Crippen LogP) is 1.32. The smallest absolute Gasteiger partial charge is 0.346 e. The second kappa shape index (κ2) is 3.20. The zero-order chi connectivity index (χ0) is 8.27. The normalized spacial score (nSPS) is 18.6. The number of nitriles is 1. The lowest BCUT2D eigenvalue weighted by Crippen LogP contribution is -2.10. The van der Waals surface area contributed by atoms with Crippen LogP contribution in [0.1, 0.15) is 19.3 Å². The number of carboxylic acids is 1. The summed E-state index contributed by atoms with van der Waals surface area (Å²) in [6.07, 6.45) is 4.77. The van der Waals surface area contributed by atoms with Crippen molar-refractivity contribution in [1.29, 1.82) is 5.26 Å². The zero-order valence-corrected chi connectivity index (χ0v) is 6.08. The molecule has 0 aromatic carbocycles. The van der Waals surface area contributed by atoms with Crippen molar-refractivity contribution < 1.29 is 9.90 Å². The largest absolute Gasteiger partial charge is 0.477 e. The lowest BCUT2D eigenvalue weighted by atomic mass is 9.84. The molecule has 0 unspecified atom stereocenters. The third-order valence-electron chi connectivity index (χ3n) is 1.90. The molecule has 3 heteroatoms. The molecule has 0 spiro atoms. The van der Waals surface area contributed by atoms with Gasteiger partial charge in [0, 0.05) is 0 Å². The van der Waals surface area contributed by atoms with Crippen molar-refractivity contribution in [2.45, 2.75) is 19.3 Å². The Bertz CT molecular complexity index is 233. The molecule has 0 aliphatic heterocycles. The molecule has 0 saturated heterocycles. The van der Waals surface area contributed by atoms with Gasteiger partial charge in [-0.05, 0) is 18.8 Å². The molecular formula is C8H9NO2. The van der Waals surface area contributed by atoms with Gasteiger partial charge >= 0.3 is 5.97 Å². The first-order chi connectivity index (χ1) is 5.24. The van der Waals surface area contributed by atoms with Crippen molar-refractivity contribution in [2.75, 3.05) is 0 Å². The first-order valence-corrected chi connectivity index (χ1v) is 3.59. The minimum atomic E-state index is -1.11. The first kappa shape index (κ1) is 7.80. The number of carboxylic acid groups (broad SMARTS) is 1. The Labute approximate surface area is 64.9 Å². The molecule has 58 valence electrons. The molecule has 0 aromatic rings. The standard InChI is InChI=1S/C8H9NO2/c9-5-7(8(10)11)4-6-2-1-3-6/h4,6H,1-3H2,(H,10,11)/b7-4+. The van der Waals surface area contributed by atoms with Gasteiger partial charge in [0.05, 0.1) is 0 Å². The second-order valence-corrected chi connectivity index (χ2v) is 2.69. The quantitative estimate of drug-likeness (QED) is 0.478. The number of hydrogen-bond donors (Lipinski definition) is 1. The average molecular weight is 151 g/mol. The third kappa shape index (κ3) is 1.81. The highest BCUT2D eigenvalue weighted by Gasteiger charge is 2.17. The van der Waals surface area contributed by atoms with Gasteiger partial charge in [-0.1, -0.05) is 12.5 Å². The maximum absolute atomic E-state index is 10.3. The van der Waals surface area contributed by atoms with Crippen molar-refractivity contribution in [3.63, 3.8) is 0 Å². The highest BCUT2D eigenvalue weighted by atomic mass is 16.4. The van der Waals surface area contributed by atoms with Gasteiger partial charge in [0.2, 0.25) is 0 Å². The van der Waals surface area contributed by atoms with Gasteiger partial charge in [-0.3, -0.25) is 0 Å². The molecule has 1 aliphatic rings. The van der Waals surface area contributed by atoms with Crippen LogP contribution in [0.25, 0.3) is 0 Å². The summed E-state index contributed by atoms with van der Waals surface area (Å²) >= 11 is 0. The molecule has 11 heavy (non-hydrogen) atoms. The van der Waals surface area contributed by atoms with Crippen LogP contribution >= 0.6 is 0 Å². The Morgan fingerprint density at radius 3 is 2.55 bits per heavy atom. The Hall–Kier alpha value is -1.30. The molecule has 0 radical (unpaired) electrons. The number of nitrogens with zero attached hydrogens (tertiary/aromatic N) is 1. The molecule has 0 aromatic heterocycles. The van der Waals surface area contributed by atoms with E-state index >= 15 is 0 Å². The number of allylic oxidation sites excluding steroid dienone is 1. The fraction of sp³-hybridized carbons (Fsp3) is 0.500. The third-order valence-corrected chi connectivity index (χ3v) is 1.90. The van der Waals surface area contributed by atoms with Crippen molar-refractivity contribution >= 4 is 5.97 Å². The molecule has 0 bridgehead atoms. The van der Waals surface area contributed by atoms with E-state index in [0.29, 0.717) is 5.92 Å². The minimum Gasteiger partial charge on any atom is -0.477 e. The van der Waals surface area contributed by atoms with Crippen LogP contribution in [0, 0.1) is 17.2 Å². The average Bonchev–Trinajstić information content (AvgIpc) is 1.85. The summed E-state index contributed by atoms with van der Waals surface area (Å²) in [6.45, 7) is 0. The number of aliphatic carboxylic acids is 1. The van der Waals surface area contributed by atoms with Crippen molar-refractivity contribution in [2.24, 2.45) is 5.92 Å². The van der Waals surface area contributed by atoms with Crippen LogP contribution in [0.3, 0.4) is 0 Å². The van der Waals surface area contributed by atoms with E-state index in [0.717, 1.165) is 19.3 Å². The van der Waals surface area contributed by atoms with Crippen LogP contribution in [0.15, 0.2) is 11.6 Å². The van der Waals surface area contributed by atoms with Crippen LogP contribution in [0.5, 0.6) is 0 Å². The van der Waals surface area contributed by atoms with Crippen LogP contribution in [-0.2, 0) is 4.79 Å². The molecule has 0 heterocycles. The molecule has 1 N–H and O–H groups in total. The number of carbonyl (C=O) groups is 1. The fourth-order valence-corrected chi connectivity index (χ4v) is 0.999. The fourth-order valence-electron chi connectivity index (χ4n) is 0.999. The van der Waals surface area contributed by atoms with E-state index in [-0.39, 0.29) is 5.57 Å². The highest BCUT2D eigenvalue weighted by molar-refractivity contribution is 5.91. The lowest BCUT2D eigenvalue weighted by molar-refractivity contribution is -0.132. The predicted molar refractivity (Wildman–Crippen MR) is 38.7 cm³/mol. The van der Waals surface area contributed by atoms with E-state index in [2.05, 4.69) is 0 Å². The van der Waals surface area contributed by atoms with E-state index in [1.165, 1.54) is 0 Å². The van der Waals surface area contributed by atoms with Crippen molar-refractivity contribution in [3.8, 4) is 6.07 Å². The van der Waals surface area contributed by atoms with Crippen LogP contribution in [0.4, 0.5) is 0 Å². The van der Waals surface area contributed by atoms with Gasteiger partial charge in [0.25, 0.3) is 0 Å². The Balaban J connectivity index is 2.60.